The van der Waals surface area contributed by atoms with Crippen LogP contribution in [0.5, 0.6) is 0 Å². The van der Waals surface area contributed by atoms with E-state index < -0.39 is 0 Å². The first-order valence-electron chi connectivity index (χ1n) is 3.59. The molecule has 2 unspecified atom stereocenters. The SMILES string of the molecule is CC(C)CC1NC(=O)C1S. The maximum atomic E-state index is 10.6. The molecule has 1 fully saturated rings. The minimum Gasteiger partial charge on any atom is -0.351 e. The average Bonchev–Trinajstić information content (AvgIpc) is 1.86. The molecule has 1 heterocycles. The average molecular weight is 159 g/mol. The summed E-state index contributed by atoms with van der Waals surface area (Å²) in [5.41, 5.74) is 0. The number of carbonyl (C=O) groups is 1. The third-order valence-corrected chi connectivity index (χ3v) is 2.30. The second kappa shape index (κ2) is 2.82. The number of rotatable bonds is 2. The summed E-state index contributed by atoms with van der Waals surface area (Å²) in [6, 6.07) is 0.316. The number of β-lactam (4-membered cyclic amide) rings is 1. The lowest BCUT2D eigenvalue weighted by molar-refractivity contribution is -0.127. The zero-order chi connectivity index (χ0) is 7.72. The normalized spacial score (nSPS) is 31.8. The lowest BCUT2D eigenvalue weighted by Crippen LogP contribution is -2.59. The molecule has 0 aromatic rings. The molecule has 1 saturated heterocycles. The van der Waals surface area contributed by atoms with Gasteiger partial charge in [-0.1, -0.05) is 13.8 Å². The molecule has 0 aromatic carbocycles. The van der Waals surface area contributed by atoms with Crippen molar-refractivity contribution in [1.82, 2.24) is 5.32 Å². The van der Waals surface area contributed by atoms with Crippen molar-refractivity contribution in [2.24, 2.45) is 5.92 Å². The zero-order valence-corrected chi connectivity index (χ0v) is 7.19. The molecule has 0 saturated carbocycles. The van der Waals surface area contributed by atoms with Crippen LogP contribution in [0.4, 0.5) is 0 Å². The minimum absolute atomic E-state index is 0.0533. The highest BCUT2D eigenvalue weighted by Crippen LogP contribution is 2.19. The molecule has 0 aliphatic carbocycles. The molecule has 0 bridgehead atoms. The van der Waals surface area contributed by atoms with Gasteiger partial charge in [0.1, 0.15) is 5.25 Å². The second-order valence-electron chi connectivity index (χ2n) is 3.19. The molecule has 2 nitrogen and oxygen atoms in total. The number of nitrogens with one attached hydrogen (secondary N) is 1. The van der Waals surface area contributed by atoms with Crippen LogP contribution in [0.2, 0.25) is 0 Å². The van der Waals surface area contributed by atoms with E-state index >= 15 is 0 Å². The van der Waals surface area contributed by atoms with Crippen molar-refractivity contribution in [3.8, 4) is 0 Å². The van der Waals surface area contributed by atoms with Crippen molar-refractivity contribution in [2.75, 3.05) is 0 Å². The number of carbonyl (C=O) groups excluding carboxylic acids is 1. The van der Waals surface area contributed by atoms with Gasteiger partial charge >= 0.3 is 0 Å². The van der Waals surface area contributed by atoms with E-state index in [1.165, 1.54) is 0 Å². The van der Waals surface area contributed by atoms with Gasteiger partial charge < -0.3 is 5.32 Å². The lowest BCUT2D eigenvalue weighted by Gasteiger charge is -2.34. The summed E-state index contributed by atoms with van der Waals surface area (Å²) in [5.74, 6) is 0.717. The molecule has 0 aromatic heterocycles. The summed E-state index contributed by atoms with van der Waals surface area (Å²) in [7, 11) is 0. The van der Waals surface area contributed by atoms with E-state index in [2.05, 4.69) is 31.8 Å². The van der Waals surface area contributed by atoms with Gasteiger partial charge in [-0.3, -0.25) is 4.79 Å². The molecule has 2 atom stereocenters. The van der Waals surface area contributed by atoms with Crippen LogP contribution >= 0.6 is 12.6 Å². The van der Waals surface area contributed by atoms with Crippen molar-refractivity contribution in [2.45, 2.75) is 31.6 Å². The van der Waals surface area contributed by atoms with Gasteiger partial charge in [0.25, 0.3) is 0 Å². The van der Waals surface area contributed by atoms with E-state index in [1.54, 1.807) is 0 Å². The van der Waals surface area contributed by atoms with Crippen LogP contribution in [0.1, 0.15) is 20.3 Å². The number of hydrogen-bond acceptors (Lipinski definition) is 2. The molecule has 1 rings (SSSR count). The molecule has 1 aliphatic heterocycles. The maximum absolute atomic E-state index is 10.6. The van der Waals surface area contributed by atoms with E-state index in [4.69, 9.17) is 0 Å². The van der Waals surface area contributed by atoms with Crippen LogP contribution in [0, 0.1) is 5.92 Å². The zero-order valence-electron chi connectivity index (χ0n) is 6.29. The Kier molecular flexibility index (Phi) is 2.24. The first-order valence-corrected chi connectivity index (χ1v) is 4.11. The van der Waals surface area contributed by atoms with Crippen molar-refractivity contribution in [3.05, 3.63) is 0 Å². The van der Waals surface area contributed by atoms with Crippen LogP contribution in [0.3, 0.4) is 0 Å². The summed E-state index contributed by atoms with van der Waals surface area (Å²) in [5, 5.41) is 2.76. The molecule has 0 spiro atoms. The van der Waals surface area contributed by atoms with E-state index in [0.29, 0.717) is 12.0 Å². The van der Waals surface area contributed by atoms with Gasteiger partial charge in [0.05, 0.1) is 0 Å². The van der Waals surface area contributed by atoms with Crippen LogP contribution in [-0.2, 0) is 4.79 Å². The van der Waals surface area contributed by atoms with E-state index in [9.17, 15) is 4.79 Å². The third kappa shape index (κ3) is 1.45. The molecular weight excluding hydrogens is 146 g/mol. The van der Waals surface area contributed by atoms with Gasteiger partial charge in [0.2, 0.25) is 5.91 Å². The summed E-state index contributed by atoms with van der Waals surface area (Å²) in [4.78, 5) is 10.6. The van der Waals surface area contributed by atoms with Gasteiger partial charge in [0.15, 0.2) is 0 Å². The molecular formula is C7H13NOS. The first kappa shape index (κ1) is 7.92. The highest BCUT2D eigenvalue weighted by atomic mass is 32.1. The third-order valence-electron chi connectivity index (χ3n) is 1.70. The first-order chi connectivity index (χ1) is 4.61. The van der Waals surface area contributed by atoms with Gasteiger partial charge in [-0.2, -0.15) is 12.6 Å². The Morgan fingerprint density at radius 2 is 2.30 bits per heavy atom. The molecule has 1 amide bonds. The maximum Gasteiger partial charge on any atom is 0.235 e. The Balaban J connectivity index is 2.27. The van der Waals surface area contributed by atoms with E-state index in [1.807, 2.05) is 0 Å². The number of hydrogen-bond donors (Lipinski definition) is 2. The monoisotopic (exact) mass is 159 g/mol. The van der Waals surface area contributed by atoms with Gasteiger partial charge in [-0.25, -0.2) is 0 Å². The Labute approximate surface area is 66.8 Å². The molecule has 58 valence electrons. The summed E-state index contributed by atoms with van der Waals surface area (Å²) in [6.07, 6.45) is 1.04. The highest BCUT2D eigenvalue weighted by molar-refractivity contribution is 7.82. The number of thiol groups is 1. The molecule has 1 aliphatic rings. The highest BCUT2D eigenvalue weighted by Gasteiger charge is 2.35. The molecule has 10 heavy (non-hydrogen) atoms. The fourth-order valence-corrected chi connectivity index (χ4v) is 1.40. The van der Waals surface area contributed by atoms with E-state index in [0.717, 1.165) is 6.42 Å². The standard InChI is InChI=1S/C7H13NOS/c1-4(2)3-5-6(10)7(9)8-5/h4-6,10H,3H2,1-2H3,(H,8,9). The molecule has 0 radical (unpaired) electrons. The predicted molar refractivity (Wildman–Crippen MR) is 44.2 cm³/mol. The Morgan fingerprint density at radius 1 is 1.70 bits per heavy atom. The number of amides is 1. The predicted octanol–water partition coefficient (Wildman–Crippen LogP) is 0.829. The largest absolute Gasteiger partial charge is 0.351 e. The fourth-order valence-electron chi connectivity index (χ4n) is 1.13. The summed E-state index contributed by atoms with van der Waals surface area (Å²) in [6.45, 7) is 4.29. The van der Waals surface area contributed by atoms with Gasteiger partial charge in [-0.05, 0) is 12.3 Å². The van der Waals surface area contributed by atoms with Crippen LogP contribution < -0.4 is 5.32 Å². The van der Waals surface area contributed by atoms with Crippen molar-refractivity contribution < 1.29 is 4.79 Å². The molecule has 3 heteroatoms. The van der Waals surface area contributed by atoms with Crippen LogP contribution in [-0.4, -0.2) is 17.2 Å². The fraction of sp³-hybridized carbons (Fsp3) is 0.857. The lowest BCUT2D eigenvalue weighted by atomic mass is 9.95. The quantitative estimate of drug-likeness (QED) is 0.453. The minimum atomic E-state index is -0.0533. The smallest absolute Gasteiger partial charge is 0.235 e. The topological polar surface area (TPSA) is 29.1 Å². The van der Waals surface area contributed by atoms with Crippen molar-refractivity contribution in [1.29, 1.82) is 0 Å². The van der Waals surface area contributed by atoms with Crippen molar-refractivity contribution >= 4 is 18.5 Å². The Morgan fingerprint density at radius 3 is 2.60 bits per heavy atom. The second-order valence-corrected chi connectivity index (χ2v) is 3.75. The summed E-state index contributed by atoms with van der Waals surface area (Å²) >= 11 is 4.14. The van der Waals surface area contributed by atoms with E-state index in [-0.39, 0.29) is 11.2 Å². The van der Waals surface area contributed by atoms with Gasteiger partial charge in [0, 0.05) is 6.04 Å². The van der Waals surface area contributed by atoms with Gasteiger partial charge in [-0.15, -0.1) is 0 Å². The van der Waals surface area contributed by atoms with Crippen molar-refractivity contribution in [3.63, 3.8) is 0 Å². The Bertz CT molecular complexity index is 147. The van der Waals surface area contributed by atoms with Crippen LogP contribution in [0.15, 0.2) is 0 Å². The Hall–Kier alpha value is -0.180. The van der Waals surface area contributed by atoms with Crippen LogP contribution in [0.25, 0.3) is 0 Å². The molecule has 1 N–H and O–H groups in total. The summed E-state index contributed by atoms with van der Waals surface area (Å²) < 4.78 is 0.